The highest BCUT2D eigenvalue weighted by Gasteiger charge is 2.30. The number of rotatable bonds is 82. The molecule has 0 aromatic rings. The van der Waals surface area contributed by atoms with Gasteiger partial charge in [0.1, 0.15) is 19.3 Å². The van der Waals surface area contributed by atoms with Crippen LogP contribution in [0.1, 0.15) is 439 Å². The first kappa shape index (κ1) is 99.1. The zero-order chi connectivity index (χ0) is 74.1. The molecular weight excluding hydrogens is 1320 g/mol. The van der Waals surface area contributed by atoms with Crippen molar-refractivity contribution >= 4 is 39.5 Å². The Labute approximate surface area is 619 Å². The van der Waals surface area contributed by atoms with Gasteiger partial charge in [0.2, 0.25) is 0 Å². The van der Waals surface area contributed by atoms with E-state index in [1.807, 2.05) is 0 Å². The van der Waals surface area contributed by atoms with E-state index in [0.29, 0.717) is 25.7 Å². The minimum absolute atomic E-state index is 0.106. The van der Waals surface area contributed by atoms with Crippen LogP contribution in [-0.4, -0.2) is 96.7 Å². The summed E-state index contributed by atoms with van der Waals surface area (Å²) >= 11 is 0. The molecule has 17 nitrogen and oxygen atoms in total. The molecule has 3 N–H and O–H groups in total. The quantitative estimate of drug-likeness (QED) is 0.0222. The van der Waals surface area contributed by atoms with Crippen LogP contribution >= 0.6 is 15.6 Å². The van der Waals surface area contributed by atoms with Crippen LogP contribution < -0.4 is 0 Å². The molecule has 0 heterocycles. The third kappa shape index (κ3) is 76.1. The molecule has 19 heteroatoms. The minimum atomic E-state index is -4.96. The highest BCUT2D eigenvalue weighted by atomic mass is 31.2. The van der Waals surface area contributed by atoms with Gasteiger partial charge in [-0.1, -0.05) is 388 Å². The smallest absolute Gasteiger partial charge is 0.462 e. The number of esters is 4. The number of ether oxygens (including phenoxy) is 4. The third-order valence-electron chi connectivity index (χ3n) is 19.3. The van der Waals surface area contributed by atoms with E-state index in [1.165, 1.54) is 263 Å². The maximum Gasteiger partial charge on any atom is 0.472 e. The molecule has 0 aromatic carbocycles. The summed E-state index contributed by atoms with van der Waals surface area (Å²) < 4.78 is 68.7. The molecule has 0 aromatic heterocycles. The van der Waals surface area contributed by atoms with Crippen molar-refractivity contribution in [1.29, 1.82) is 0 Å². The Bertz CT molecular complexity index is 1930. The van der Waals surface area contributed by atoms with Gasteiger partial charge in [0, 0.05) is 25.7 Å². The van der Waals surface area contributed by atoms with Crippen molar-refractivity contribution in [2.75, 3.05) is 39.6 Å². The van der Waals surface area contributed by atoms with Gasteiger partial charge in [-0.05, 0) is 31.6 Å². The molecule has 0 aliphatic carbocycles. The number of hydrogen-bond donors (Lipinski definition) is 3. The van der Waals surface area contributed by atoms with Gasteiger partial charge >= 0.3 is 39.5 Å². The van der Waals surface area contributed by atoms with Crippen molar-refractivity contribution < 1.29 is 80.2 Å². The fourth-order valence-corrected chi connectivity index (χ4v) is 14.3. The Kier molecular flexibility index (Phi) is 73.5. The van der Waals surface area contributed by atoms with Gasteiger partial charge in [-0.25, -0.2) is 9.13 Å². The monoisotopic (exact) mass is 1480 g/mol. The summed E-state index contributed by atoms with van der Waals surface area (Å²) in [4.78, 5) is 73.0. The predicted octanol–water partition coefficient (Wildman–Crippen LogP) is 24.8. The molecule has 0 aliphatic heterocycles. The van der Waals surface area contributed by atoms with E-state index in [4.69, 9.17) is 37.0 Å². The molecular formula is C82H160O17P2. The summed E-state index contributed by atoms with van der Waals surface area (Å²) in [5, 5.41) is 10.6. The van der Waals surface area contributed by atoms with Crippen molar-refractivity contribution in [3.63, 3.8) is 0 Å². The van der Waals surface area contributed by atoms with E-state index >= 15 is 0 Å². The summed E-state index contributed by atoms with van der Waals surface area (Å²) in [5.74, 6) is -1.36. The summed E-state index contributed by atoms with van der Waals surface area (Å²) in [6.07, 6.45) is 66.8. The van der Waals surface area contributed by atoms with E-state index in [-0.39, 0.29) is 25.7 Å². The van der Waals surface area contributed by atoms with Gasteiger partial charge in [0.05, 0.1) is 26.4 Å². The number of aliphatic hydroxyl groups excluding tert-OH is 1. The van der Waals surface area contributed by atoms with Crippen molar-refractivity contribution in [1.82, 2.24) is 0 Å². The molecule has 0 spiro atoms. The zero-order valence-corrected chi connectivity index (χ0v) is 67.8. The first-order valence-corrected chi connectivity index (χ1v) is 45.6. The van der Waals surface area contributed by atoms with Crippen LogP contribution in [0.15, 0.2) is 0 Å². The molecule has 0 saturated heterocycles. The van der Waals surface area contributed by atoms with Gasteiger partial charge < -0.3 is 33.8 Å². The lowest BCUT2D eigenvalue weighted by molar-refractivity contribution is -0.161. The number of aliphatic hydroxyl groups is 1. The van der Waals surface area contributed by atoms with Crippen LogP contribution in [0.4, 0.5) is 0 Å². The van der Waals surface area contributed by atoms with E-state index in [2.05, 4.69) is 34.6 Å². The van der Waals surface area contributed by atoms with Crippen LogP contribution in [0.5, 0.6) is 0 Å². The molecule has 0 amide bonds. The van der Waals surface area contributed by atoms with E-state index in [0.717, 1.165) is 95.8 Å². The standard InChI is InChI=1S/C82H160O17P2/c1-6-9-12-15-18-21-23-25-27-29-31-33-35-37-39-41-47-52-57-62-67-81(86)98-78(72-93-80(85)66-61-56-51-46-40-38-36-34-32-30-28-26-24-22-19-16-13-10-7-2)74-97-101(90,91)95-70-76(83)69-94-100(88,89)96-73-77(71-92-79(84)65-60-55-50-44-20-17-14-11-8-3)99-82(87)68-63-58-53-48-43-42-45-49-54-59-64-75(4)5/h75-78,83H,6-74H2,1-5H3,(H,88,89)(H,90,91)/t76-,77+,78+/m0/s1. The Morgan fingerprint density at radius 3 is 0.673 bits per heavy atom. The maximum absolute atomic E-state index is 13.1. The van der Waals surface area contributed by atoms with Crippen LogP contribution in [-0.2, 0) is 65.4 Å². The van der Waals surface area contributed by atoms with Crippen LogP contribution in [0, 0.1) is 5.92 Å². The molecule has 0 saturated carbocycles. The van der Waals surface area contributed by atoms with Gasteiger partial charge in [-0.3, -0.25) is 37.3 Å². The maximum atomic E-state index is 13.1. The zero-order valence-electron chi connectivity index (χ0n) is 66.1. The van der Waals surface area contributed by atoms with Gasteiger partial charge in [-0.2, -0.15) is 0 Å². The number of carbonyl (C=O) groups excluding carboxylic acids is 4. The van der Waals surface area contributed by atoms with Gasteiger partial charge in [-0.15, -0.1) is 0 Å². The minimum Gasteiger partial charge on any atom is -0.462 e. The Hall–Kier alpha value is -1.94. The fourth-order valence-electron chi connectivity index (χ4n) is 12.8. The Morgan fingerprint density at radius 2 is 0.455 bits per heavy atom. The third-order valence-corrected chi connectivity index (χ3v) is 21.2. The van der Waals surface area contributed by atoms with Crippen LogP contribution in [0.2, 0.25) is 0 Å². The molecule has 2 unspecified atom stereocenters. The first-order chi connectivity index (χ1) is 49.0. The van der Waals surface area contributed by atoms with Gasteiger partial charge in [0.15, 0.2) is 12.2 Å². The second-order valence-electron chi connectivity index (χ2n) is 30.0. The van der Waals surface area contributed by atoms with E-state index in [1.54, 1.807) is 0 Å². The lowest BCUT2D eigenvalue weighted by Gasteiger charge is -2.21. The lowest BCUT2D eigenvalue weighted by atomic mass is 10.0. The number of hydrogen-bond acceptors (Lipinski definition) is 15. The largest absolute Gasteiger partial charge is 0.472 e. The first-order valence-electron chi connectivity index (χ1n) is 42.6. The highest BCUT2D eigenvalue weighted by molar-refractivity contribution is 7.47. The van der Waals surface area contributed by atoms with Crippen molar-refractivity contribution in [3.05, 3.63) is 0 Å². The second-order valence-corrected chi connectivity index (χ2v) is 32.9. The van der Waals surface area contributed by atoms with E-state index in [9.17, 15) is 43.2 Å². The SMILES string of the molecule is CCCCCCCCCCCCCCCCCCCCCCC(=O)O[C@H](COC(=O)CCCCCCCCCCCCCCCCCCCCC)COP(=O)(O)OC[C@@H](O)COP(=O)(O)OC[C@@H](COC(=O)CCCCCCCCCCC)OC(=O)CCCCCCCCCCCCC(C)C. The number of phosphoric acid groups is 2. The fraction of sp³-hybridized carbons (Fsp3) is 0.951. The average molecular weight is 1480 g/mol. The Balaban J connectivity index is 5.20. The number of phosphoric ester groups is 2. The summed E-state index contributed by atoms with van der Waals surface area (Å²) in [7, 11) is -9.92. The lowest BCUT2D eigenvalue weighted by Crippen LogP contribution is -2.30. The van der Waals surface area contributed by atoms with Crippen molar-refractivity contribution in [3.8, 4) is 0 Å². The Morgan fingerprint density at radius 1 is 0.267 bits per heavy atom. The number of unbranched alkanes of at least 4 members (excludes halogenated alkanes) is 54. The second kappa shape index (κ2) is 74.9. The summed E-state index contributed by atoms with van der Waals surface area (Å²) in [5.41, 5.74) is 0. The molecule has 101 heavy (non-hydrogen) atoms. The molecule has 600 valence electrons. The molecule has 0 rings (SSSR count). The molecule has 5 atom stereocenters. The highest BCUT2D eigenvalue weighted by Crippen LogP contribution is 2.45. The van der Waals surface area contributed by atoms with Crippen LogP contribution in [0.3, 0.4) is 0 Å². The van der Waals surface area contributed by atoms with Crippen LogP contribution in [0.25, 0.3) is 0 Å². The van der Waals surface area contributed by atoms with Gasteiger partial charge in [0.25, 0.3) is 0 Å². The molecule has 0 bridgehead atoms. The van der Waals surface area contributed by atoms with Crippen molar-refractivity contribution in [2.24, 2.45) is 5.92 Å². The molecule has 0 aliphatic rings. The summed E-state index contributed by atoms with van der Waals surface area (Å²) in [6.45, 7) is 7.31. The predicted molar refractivity (Wildman–Crippen MR) is 414 cm³/mol. The van der Waals surface area contributed by atoms with E-state index < -0.39 is 97.5 Å². The average Bonchev–Trinajstić information content (AvgIpc) is 0.928. The topological polar surface area (TPSA) is 237 Å². The number of carbonyl (C=O) groups is 4. The van der Waals surface area contributed by atoms with Crippen molar-refractivity contribution in [2.45, 2.75) is 457 Å². The normalized spacial score (nSPS) is 13.8. The summed E-state index contributed by atoms with van der Waals surface area (Å²) in [6, 6.07) is 0. The molecule has 0 radical (unpaired) electrons. The molecule has 0 fully saturated rings.